The van der Waals surface area contributed by atoms with E-state index in [9.17, 15) is 14.4 Å². The number of hydrogen-bond acceptors (Lipinski definition) is 7. The van der Waals surface area contributed by atoms with Crippen molar-refractivity contribution in [3.05, 3.63) is 71.9 Å². The summed E-state index contributed by atoms with van der Waals surface area (Å²) in [6, 6.07) is 17.8. The molecule has 0 spiro atoms. The molecule has 8 nitrogen and oxygen atoms in total. The van der Waals surface area contributed by atoms with Crippen molar-refractivity contribution in [3.63, 3.8) is 0 Å². The second-order valence-corrected chi connectivity index (χ2v) is 12.6. The molecule has 1 unspecified atom stereocenters. The van der Waals surface area contributed by atoms with Gasteiger partial charge < -0.3 is 14.7 Å². The van der Waals surface area contributed by atoms with E-state index < -0.39 is 17.4 Å². The van der Waals surface area contributed by atoms with Crippen molar-refractivity contribution in [2.24, 2.45) is 0 Å². The molecule has 1 amide bonds. The van der Waals surface area contributed by atoms with E-state index in [1.807, 2.05) is 57.2 Å². The first-order valence-electron chi connectivity index (χ1n) is 14.0. The molecule has 0 radical (unpaired) electrons. The Morgan fingerprint density at radius 2 is 1.73 bits per heavy atom. The lowest BCUT2D eigenvalue weighted by molar-refractivity contribution is -0.131. The van der Waals surface area contributed by atoms with Gasteiger partial charge in [0.25, 0.3) is 0 Å². The van der Waals surface area contributed by atoms with E-state index in [1.165, 1.54) is 0 Å². The predicted molar refractivity (Wildman–Crippen MR) is 163 cm³/mol. The largest absolute Gasteiger partial charge is 0.378 e. The number of aldehydes is 1. The first-order valence-corrected chi connectivity index (χ1v) is 14.0. The van der Waals surface area contributed by atoms with Gasteiger partial charge >= 0.3 is 0 Å². The summed E-state index contributed by atoms with van der Waals surface area (Å²) in [5.41, 5.74) is 6.10. The van der Waals surface area contributed by atoms with Gasteiger partial charge in [0.1, 0.15) is 6.04 Å². The minimum atomic E-state index is -0.668. The number of aromatic nitrogens is 1. The molecule has 0 bridgehead atoms. The Morgan fingerprint density at radius 1 is 1.02 bits per heavy atom. The molecule has 0 saturated carbocycles. The second-order valence-electron chi connectivity index (χ2n) is 12.6. The van der Waals surface area contributed by atoms with Gasteiger partial charge in [0.2, 0.25) is 11.7 Å². The normalized spacial score (nSPS) is 19.2. The molecule has 0 N–H and O–H groups in total. The molecule has 1 aromatic heterocycles. The number of rotatable bonds is 7. The zero-order chi connectivity index (χ0) is 29.7. The first-order chi connectivity index (χ1) is 19.3. The van der Waals surface area contributed by atoms with Crippen LogP contribution in [0.25, 0.3) is 11.3 Å². The molecule has 3 heterocycles. The predicted octanol–water partition coefficient (Wildman–Crippen LogP) is 4.65. The standard InChI is InChI=1S/C33H39N5O3/c1-22(40)37-20-32(2,3)27-13-12-26(17-29(27)37)38-21-36(33(4,5)31(38)30(41)19-39)18-23-14-15-34-28(16-23)24-8-10-25(11-9-24)35(6)7/h8-17,19,31H,18,20-21H2,1-7H3. The summed E-state index contributed by atoms with van der Waals surface area (Å²) in [4.78, 5) is 50.1. The Bertz CT molecular complexity index is 1490. The number of fused-ring (bicyclic) bond motifs is 1. The minimum Gasteiger partial charge on any atom is -0.378 e. The highest BCUT2D eigenvalue weighted by molar-refractivity contribution is 6.29. The van der Waals surface area contributed by atoms with Crippen LogP contribution in [0.15, 0.2) is 60.8 Å². The van der Waals surface area contributed by atoms with Crippen molar-refractivity contribution in [2.75, 3.05) is 42.0 Å². The molecule has 1 fully saturated rings. The molecule has 2 aliphatic rings. The maximum absolute atomic E-state index is 13.1. The highest BCUT2D eigenvalue weighted by Crippen LogP contribution is 2.44. The number of amides is 1. The van der Waals surface area contributed by atoms with Crippen molar-refractivity contribution in [1.82, 2.24) is 9.88 Å². The third kappa shape index (κ3) is 5.12. The summed E-state index contributed by atoms with van der Waals surface area (Å²) in [5, 5.41) is 0. The zero-order valence-electron chi connectivity index (χ0n) is 25.0. The Hall–Kier alpha value is -4.04. The summed E-state index contributed by atoms with van der Waals surface area (Å²) >= 11 is 0. The van der Waals surface area contributed by atoms with Crippen LogP contribution in [0.2, 0.25) is 0 Å². The molecule has 214 valence electrons. The monoisotopic (exact) mass is 553 g/mol. The van der Waals surface area contributed by atoms with Crippen molar-refractivity contribution in [1.29, 1.82) is 0 Å². The van der Waals surface area contributed by atoms with E-state index in [-0.39, 0.29) is 11.3 Å². The molecule has 2 aromatic carbocycles. The van der Waals surface area contributed by atoms with Crippen LogP contribution in [-0.2, 0) is 26.3 Å². The van der Waals surface area contributed by atoms with Crippen molar-refractivity contribution in [3.8, 4) is 11.3 Å². The quantitative estimate of drug-likeness (QED) is 0.311. The van der Waals surface area contributed by atoms with Gasteiger partial charge in [-0.25, -0.2) is 0 Å². The van der Waals surface area contributed by atoms with Gasteiger partial charge in [-0.2, -0.15) is 0 Å². The highest BCUT2D eigenvalue weighted by atomic mass is 16.2. The number of carbonyl (C=O) groups is 3. The second kappa shape index (κ2) is 10.4. The van der Waals surface area contributed by atoms with E-state index in [2.05, 4.69) is 65.0 Å². The summed E-state index contributed by atoms with van der Waals surface area (Å²) in [7, 11) is 4.03. The fraction of sp³-hybridized carbons (Fsp3) is 0.394. The van der Waals surface area contributed by atoms with Crippen LogP contribution < -0.4 is 14.7 Å². The van der Waals surface area contributed by atoms with Gasteiger partial charge in [0.15, 0.2) is 6.29 Å². The lowest BCUT2D eigenvalue weighted by Crippen LogP contribution is -2.51. The van der Waals surface area contributed by atoms with E-state index in [4.69, 9.17) is 0 Å². The highest BCUT2D eigenvalue weighted by Gasteiger charge is 2.50. The van der Waals surface area contributed by atoms with Gasteiger partial charge in [-0.1, -0.05) is 32.0 Å². The molecule has 2 aliphatic heterocycles. The minimum absolute atomic E-state index is 0.0114. The van der Waals surface area contributed by atoms with Crippen molar-refractivity contribution in [2.45, 2.75) is 58.2 Å². The summed E-state index contributed by atoms with van der Waals surface area (Å²) in [6.07, 6.45) is 2.25. The molecular formula is C33H39N5O3. The van der Waals surface area contributed by atoms with Gasteiger partial charge in [0, 0.05) is 73.9 Å². The number of hydrogen-bond donors (Lipinski definition) is 0. The smallest absolute Gasteiger partial charge is 0.223 e. The molecule has 3 aromatic rings. The van der Waals surface area contributed by atoms with Crippen LogP contribution in [0, 0.1) is 0 Å². The average Bonchev–Trinajstić information content (AvgIpc) is 3.37. The Labute approximate surface area is 242 Å². The van der Waals surface area contributed by atoms with E-state index in [1.54, 1.807) is 11.8 Å². The van der Waals surface area contributed by atoms with Crippen molar-refractivity contribution < 1.29 is 14.4 Å². The van der Waals surface area contributed by atoms with E-state index >= 15 is 0 Å². The number of carbonyl (C=O) groups excluding carboxylic acids is 3. The van der Waals surface area contributed by atoms with Crippen molar-refractivity contribution >= 4 is 35.0 Å². The Morgan fingerprint density at radius 3 is 2.37 bits per heavy atom. The third-order valence-corrected chi connectivity index (χ3v) is 8.65. The van der Waals surface area contributed by atoms with Gasteiger partial charge in [-0.3, -0.25) is 24.3 Å². The van der Waals surface area contributed by atoms with E-state index in [0.29, 0.717) is 26.0 Å². The number of pyridine rings is 1. The zero-order valence-corrected chi connectivity index (χ0v) is 25.0. The number of anilines is 3. The molecule has 5 rings (SSSR count). The van der Waals surface area contributed by atoms with Gasteiger partial charge in [-0.05, 0) is 61.4 Å². The SMILES string of the molecule is CC(=O)N1CC(C)(C)c2ccc(N3CN(Cc4ccnc(-c5ccc(N(C)C)cc5)c4)C(C)(C)C3C(=O)C=O)cc21. The van der Waals surface area contributed by atoms with Crippen LogP contribution in [0.3, 0.4) is 0 Å². The van der Waals surface area contributed by atoms with Crippen LogP contribution in [-0.4, -0.2) is 66.8 Å². The van der Waals surface area contributed by atoms with Crippen LogP contribution >= 0.6 is 0 Å². The lowest BCUT2D eigenvalue weighted by Gasteiger charge is -2.34. The van der Waals surface area contributed by atoms with Crippen LogP contribution in [0.1, 0.15) is 45.7 Å². The summed E-state index contributed by atoms with van der Waals surface area (Å²) in [5.74, 6) is -0.471. The third-order valence-electron chi connectivity index (χ3n) is 8.65. The fourth-order valence-corrected chi connectivity index (χ4v) is 6.27. The summed E-state index contributed by atoms with van der Waals surface area (Å²) < 4.78 is 0. The fourth-order valence-electron chi connectivity index (χ4n) is 6.27. The molecule has 41 heavy (non-hydrogen) atoms. The molecule has 0 aliphatic carbocycles. The first kappa shape index (κ1) is 28.5. The average molecular weight is 554 g/mol. The molecule has 8 heteroatoms. The van der Waals surface area contributed by atoms with Crippen LogP contribution in [0.4, 0.5) is 17.1 Å². The Balaban J connectivity index is 1.47. The lowest BCUT2D eigenvalue weighted by atomic mass is 9.86. The van der Waals surface area contributed by atoms with Gasteiger partial charge in [-0.15, -0.1) is 0 Å². The van der Waals surface area contributed by atoms with E-state index in [0.717, 1.165) is 39.4 Å². The number of Topliss-reactive ketones (excluding diaryl/α,β-unsaturated/α-hetero) is 1. The Kier molecular flexibility index (Phi) is 7.24. The maximum atomic E-state index is 13.1. The number of ketones is 1. The molecule has 1 atom stereocenters. The molecular weight excluding hydrogens is 514 g/mol. The number of nitrogens with zero attached hydrogens (tertiary/aromatic N) is 5. The van der Waals surface area contributed by atoms with Crippen LogP contribution in [0.5, 0.6) is 0 Å². The maximum Gasteiger partial charge on any atom is 0.223 e. The summed E-state index contributed by atoms with van der Waals surface area (Å²) in [6.45, 7) is 11.5. The molecule has 1 saturated heterocycles. The van der Waals surface area contributed by atoms with Gasteiger partial charge in [0.05, 0.1) is 12.4 Å². The number of benzene rings is 2. The topological polar surface area (TPSA) is 77.1 Å².